The number of guanidine groups is 1. The average Bonchev–Trinajstić information content (AvgIpc) is 3.05. The Kier molecular flexibility index (Phi) is 7.35. The minimum absolute atomic E-state index is 0.0520. The fourth-order valence-corrected chi connectivity index (χ4v) is 5.95. The summed E-state index contributed by atoms with van der Waals surface area (Å²) in [6.45, 7) is 1.63. The zero-order valence-electron chi connectivity index (χ0n) is 17.2. The molecule has 28 heavy (non-hydrogen) atoms. The van der Waals surface area contributed by atoms with Crippen LogP contribution in [0.3, 0.4) is 0 Å². The number of nitrogens with zero attached hydrogens (tertiary/aromatic N) is 2. The predicted octanol–water partition coefficient (Wildman–Crippen LogP) is 2.30. The number of benzene rings is 1. The van der Waals surface area contributed by atoms with Crippen molar-refractivity contribution in [3.05, 3.63) is 35.4 Å². The average molecular weight is 407 g/mol. The second-order valence-corrected chi connectivity index (χ2v) is 10.4. The monoisotopic (exact) mass is 406 g/mol. The van der Waals surface area contributed by atoms with Crippen LogP contribution in [-0.2, 0) is 22.9 Å². The van der Waals surface area contributed by atoms with Gasteiger partial charge in [0.25, 0.3) is 0 Å². The lowest BCUT2D eigenvalue weighted by molar-refractivity contribution is 0.184. The van der Waals surface area contributed by atoms with E-state index in [9.17, 15) is 8.42 Å². The number of hydrogen-bond acceptors (Lipinski definition) is 4. The maximum Gasteiger partial charge on any atom is 0.191 e. The fourth-order valence-electron chi connectivity index (χ4n) is 4.28. The first-order valence-electron chi connectivity index (χ1n) is 10.4. The molecule has 0 radical (unpaired) electrons. The molecule has 0 bridgehead atoms. The summed E-state index contributed by atoms with van der Waals surface area (Å²) in [5.74, 6) is 1.12. The van der Waals surface area contributed by atoms with Gasteiger partial charge in [0.1, 0.15) is 0 Å². The molecule has 2 fully saturated rings. The lowest BCUT2D eigenvalue weighted by Gasteiger charge is -2.31. The van der Waals surface area contributed by atoms with Gasteiger partial charge in [0, 0.05) is 32.2 Å². The highest BCUT2D eigenvalue weighted by Gasteiger charge is 2.28. The normalized spacial score (nSPS) is 23.1. The Morgan fingerprint density at radius 1 is 1.14 bits per heavy atom. The molecule has 0 spiro atoms. The van der Waals surface area contributed by atoms with E-state index in [2.05, 4.69) is 51.8 Å². The van der Waals surface area contributed by atoms with E-state index >= 15 is 0 Å². The van der Waals surface area contributed by atoms with E-state index in [1.165, 1.54) is 43.2 Å². The molecule has 2 aliphatic rings. The van der Waals surface area contributed by atoms with Crippen molar-refractivity contribution in [2.24, 2.45) is 4.99 Å². The molecule has 2 N–H and O–H groups in total. The minimum atomic E-state index is -2.90. The Bertz CT molecular complexity index is 772. The molecule has 6 nitrogen and oxygen atoms in total. The van der Waals surface area contributed by atoms with Gasteiger partial charge < -0.3 is 10.6 Å². The van der Waals surface area contributed by atoms with Crippen molar-refractivity contribution < 1.29 is 8.42 Å². The third kappa shape index (κ3) is 5.95. The smallest absolute Gasteiger partial charge is 0.191 e. The molecular weight excluding hydrogens is 372 g/mol. The first-order valence-corrected chi connectivity index (χ1v) is 12.2. The van der Waals surface area contributed by atoms with Crippen molar-refractivity contribution in [1.29, 1.82) is 0 Å². The number of sulfone groups is 1. The Morgan fingerprint density at radius 2 is 1.86 bits per heavy atom. The number of nitrogens with one attached hydrogen (secondary N) is 2. The summed E-state index contributed by atoms with van der Waals surface area (Å²) in [7, 11) is 1.06. The van der Waals surface area contributed by atoms with E-state index in [1.807, 2.05) is 0 Å². The van der Waals surface area contributed by atoms with Crippen LogP contribution in [0.5, 0.6) is 0 Å². The quantitative estimate of drug-likeness (QED) is 0.560. The van der Waals surface area contributed by atoms with Crippen LogP contribution in [0.25, 0.3) is 0 Å². The van der Waals surface area contributed by atoms with Crippen LogP contribution in [-0.4, -0.2) is 57.0 Å². The maximum atomic E-state index is 11.7. The van der Waals surface area contributed by atoms with Crippen LogP contribution in [0, 0.1) is 0 Å². The Morgan fingerprint density at radius 3 is 2.50 bits per heavy atom. The van der Waals surface area contributed by atoms with Gasteiger partial charge >= 0.3 is 0 Å². The fraction of sp³-hybridized carbons (Fsp3) is 0.667. The molecule has 1 unspecified atom stereocenters. The SMILES string of the molecule is CN=C(NCc1ccccc1CN(C)C1CCCCC1)NC1CCS(=O)(=O)C1. The van der Waals surface area contributed by atoms with Crippen molar-refractivity contribution in [2.45, 2.75) is 63.7 Å². The molecule has 1 aromatic carbocycles. The van der Waals surface area contributed by atoms with Crippen molar-refractivity contribution in [1.82, 2.24) is 15.5 Å². The third-order valence-electron chi connectivity index (χ3n) is 5.98. The van der Waals surface area contributed by atoms with Gasteiger partial charge in [0.2, 0.25) is 0 Å². The molecule has 1 aliphatic heterocycles. The second kappa shape index (κ2) is 9.74. The Hall–Kier alpha value is -1.60. The highest BCUT2D eigenvalue weighted by atomic mass is 32.2. The van der Waals surface area contributed by atoms with Crippen LogP contribution < -0.4 is 10.6 Å². The highest BCUT2D eigenvalue weighted by molar-refractivity contribution is 7.91. The predicted molar refractivity (Wildman–Crippen MR) is 115 cm³/mol. The summed E-state index contributed by atoms with van der Waals surface area (Å²) in [6.07, 6.45) is 7.31. The van der Waals surface area contributed by atoms with Crippen LogP contribution in [0.4, 0.5) is 0 Å². The van der Waals surface area contributed by atoms with Crippen LogP contribution in [0.1, 0.15) is 49.7 Å². The van der Waals surface area contributed by atoms with Crippen LogP contribution in [0.15, 0.2) is 29.3 Å². The topological polar surface area (TPSA) is 73.8 Å². The standard InChI is InChI=1S/C21H34N4O2S/c1-22-21(24-19-12-13-28(26,27)16-19)23-14-17-8-6-7-9-18(17)15-25(2)20-10-4-3-5-11-20/h6-9,19-20H,3-5,10-16H2,1-2H3,(H2,22,23,24). The Labute approximate surface area is 169 Å². The van der Waals surface area contributed by atoms with Gasteiger partial charge in [0.15, 0.2) is 15.8 Å². The molecule has 1 heterocycles. The number of rotatable bonds is 6. The molecular formula is C21H34N4O2S. The molecule has 3 rings (SSSR count). The minimum Gasteiger partial charge on any atom is -0.353 e. The van der Waals surface area contributed by atoms with Crippen molar-refractivity contribution in [2.75, 3.05) is 25.6 Å². The van der Waals surface area contributed by atoms with Gasteiger partial charge in [0.05, 0.1) is 11.5 Å². The number of aliphatic imine (C=N–C) groups is 1. The van der Waals surface area contributed by atoms with E-state index in [1.54, 1.807) is 7.05 Å². The van der Waals surface area contributed by atoms with Crippen molar-refractivity contribution in [3.63, 3.8) is 0 Å². The first-order chi connectivity index (χ1) is 13.5. The molecule has 0 amide bonds. The second-order valence-electron chi connectivity index (χ2n) is 8.15. The van der Waals surface area contributed by atoms with Gasteiger partial charge in [-0.1, -0.05) is 43.5 Å². The lowest BCUT2D eigenvalue weighted by Crippen LogP contribution is -2.43. The molecule has 1 saturated carbocycles. The molecule has 1 aromatic rings. The molecule has 7 heteroatoms. The van der Waals surface area contributed by atoms with Gasteiger partial charge in [-0.05, 0) is 37.4 Å². The van der Waals surface area contributed by atoms with Crippen molar-refractivity contribution in [3.8, 4) is 0 Å². The van der Waals surface area contributed by atoms with Gasteiger partial charge in [-0.3, -0.25) is 9.89 Å². The van der Waals surface area contributed by atoms with Crippen LogP contribution >= 0.6 is 0 Å². The highest BCUT2D eigenvalue weighted by Crippen LogP contribution is 2.23. The van der Waals surface area contributed by atoms with Gasteiger partial charge in [-0.15, -0.1) is 0 Å². The maximum absolute atomic E-state index is 11.7. The van der Waals surface area contributed by atoms with Gasteiger partial charge in [-0.2, -0.15) is 0 Å². The largest absolute Gasteiger partial charge is 0.353 e. The van der Waals surface area contributed by atoms with E-state index in [-0.39, 0.29) is 17.5 Å². The van der Waals surface area contributed by atoms with Crippen molar-refractivity contribution >= 4 is 15.8 Å². The number of hydrogen-bond donors (Lipinski definition) is 2. The molecule has 1 atom stereocenters. The summed E-state index contributed by atoms with van der Waals surface area (Å²) in [6, 6.07) is 9.17. The van der Waals surface area contributed by atoms with E-state index < -0.39 is 9.84 Å². The summed E-state index contributed by atoms with van der Waals surface area (Å²) in [5.41, 5.74) is 2.59. The van der Waals surface area contributed by atoms with E-state index in [4.69, 9.17) is 0 Å². The molecule has 156 valence electrons. The van der Waals surface area contributed by atoms with E-state index in [0.717, 1.165) is 6.54 Å². The van der Waals surface area contributed by atoms with Gasteiger partial charge in [-0.25, -0.2) is 8.42 Å². The zero-order valence-corrected chi connectivity index (χ0v) is 18.0. The zero-order chi connectivity index (χ0) is 20.0. The summed E-state index contributed by atoms with van der Waals surface area (Å²) in [5, 5.41) is 6.61. The summed E-state index contributed by atoms with van der Waals surface area (Å²) in [4.78, 5) is 6.76. The summed E-state index contributed by atoms with van der Waals surface area (Å²) >= 11 is 0. The molecule has 1 saturated heterocycles. The Balaban J connectivity index is 1.56. The molecule has 1 aliphatic carbocycles. The van der Waals surface area contributed by atoms with E-state index in [0.29, 0.717) is 25.0 Å². The lowest BCUT2D eigenvalue weighted by atomic mass is 9.94. The first kappa shape index (κ1) is 21.1. The molecule has 0 aromatic heterocycles. The van der Waals surface area contributed by atoms with Crippen LogP contribution in [0.2, 0.25) is 0 Å². The third-order valence-corrected chi connectivity index (χ3v) is 7.75. The summed E-state index contributed by atoms with van der Waals surface area (Å²) < 4.78 is 23.3.